The number of carbonyl (C=O) groups is 3. The van der Waals surface area contributed by atoms with Crippen molar-refractivity contribution in [1.29, 1.82) is 0 Å². The Morgan fingerprint density at radius 3 is 2.21 bits per heavy atom. The van der Waals surface area contributed by atoms with Crippen LogP contribution >= 0.6 is 11.6 Å². The van der Waals surface area contributed by atoms with E-state index in [1.165, 1.54) is 7.11 Å². The van der Waals surface area contributed by atoms with Gasteiger partial charge in [-0.1, -0.05) is 11.6 Å². The number of esters is 2. The number of aromatic amines is 1. The van der Waals surface area contributed by atoms with Gasteiger partial charge in [0.05, 0.1) is 26.2 Å². The number of ether oxygens (including phenoxy) is 3. The van der Waals surface area contributed by atoms with Crippen molar-refractivity contribution < 1.29 is 28.6 Å². The first-order valence-electron chi connectivity index (χ1n) is 8.79. The second-order valence-electron chi connectivity index (χ2n) is 5.85. The summed E-state index contributed by atoms with van der Waals surface area (Å²) in [7, 11) is 1.34. The Morgan fingerprint density at radius 2 is 1.68 bits per heavy atom. The summed E-state index contributed by atoms with van der Waals surface area (Å²) in [5, 5.41) is 0.485. The fraction of sp³-hybridized carbons (Fsp3) is 0.350. The van der Waals surface area contributed by atoms with E-state index in [2.05, 4.69) is 4.98 Å². The molecule has 1 N–H and O–H groups in total. The first-order valence-corrected chi connectivity index (χ1v) is 9.17. The highest BCUT2D eigenvalue weighted by molar-refractivity contribution is 6.30. The van der Waals surface area contributed by atoms with Crippen molar-refractivity contribution in [2.45, 2.75) is 26.7 Å². The maximum absolute atomic E-state index is 13.0. The summed E-state index contributed by atoms with van der Waals surface area (Å²) in [6.45, 7) is 5.22. The summed E-state index contributed by atoms with van der Waals surface area (Å²) >= 11 is 5.88. The number of nitrogens with one attached hydrogen (secondary N) is 1. The summed E-state index contributed by atoms with van der Waals surface area (Å²) in [6.07, 6.45) is 0. The summed E-state index contributed by atoms with van der Waals surface area (Å²) in [5.41, 5.74) is 0.585. The van der Waals surface area contributed by atoms with Gasteiger partial charge in [0.25, 0.3) is 0 Å². The predicted molar refractivity (Wildman–Crippen MR) is 103 cm³/mol. The third-order valence-corrected chi connectivity index (χ3v) is 4.33. The van der Waals surface area contributed by atoms with Crippen molar-refractivity contribution in [2.24, 2.45) is 0 Å². The molecule has 1 aromatic carbocycles. The largest absolute Gasteiger partial charge is 0.493 e. The highest BCUT2D eigenvalue weighted by Crippen LogP contribution is 2.34. The van der Waals surface area contributed by atoms with E-state index in [1.54, 1.807) is 45.0 Å². The maximum Gasteiger partial charge on any atom is 0.343 e. The molecule has 2 aromatic rings. The van der Waals surface area contributed by atoms with Crippen LogP contribution in [0.2, 0.25) is 5.02 Å². The number of halogens is 1. The fourth-order valence-electron chi connectivity index (χ4n) is 2.73. The predicted octanol–water partition coefficient (Wildman–Crippen LogP) is 3.75. The Balaban J connectivity index is 2.61. The molecule has 0 fully saturated rings. The highest BCUT2D eigenvalue weighted by Gasteiger charge is 2.33. The molecule has 150 valence electrons. The van der Waals surface area contributed by atoms with Gasteiger partial charge in [-0.2, -0.15) is 0 Å². The van der Waals surface area contributed by atoms with Gasteiger partial charge in [-0.25, -0.2) is 4.79 Å². The van der Waals surface area contributed by atoms with Crippen molar-refractivity contribution in [3.05, 3.63) is 51.8 Å². The number of methoxy groups -OCH3 is 1. The number of rotatable bonds is 8. The summed E-state index contributed by atoms with van der Waals surface area (Å²) < 4.78 is 15.5. The Morgan fingerprint density at radius 1 is 1.07 bits per heavy atom. The second-order valence-corrected chi connectivity index (χ2v) is 6.29. The zero-order chi connectivity index (χ0) is 20.8. The minimum absolute atomic E-state index is 0.00205. The number of hydrogen-bond donors (Lipinski definition) is 1. The van der Waals surface area contributed by atoms with E-state index in [-0.39, 0.29) is 35.9 Å². The van der Waals surface area contributed by atoms with E-state index in [0.29, 0.717) is 10.6 Å². The van der Waals surface area contributed by atoms with E-state index in [9.17, 15) is 14.4 Å². The first-order chi connectivity index (χ1) is 13.3. The van der Waals surface area contributed by atoms with Crippen molar-refractivity contribution >= 4 is 29.3 Å². The molecule has 1 atom stereocenters. The van der Waals surface area contributed by atoms with E-state index < -0.39 is 23.6 Å². The van der Waals surface area contributed by atoms with Gasteiger partial charge in [-0.15, -0.1) is 0 Å². The van der Waals surface area contributed by atoms with Gasteiger partial charge >= 0.3 is 11.9 Å². The Kier molecular flexibility index (Phi) is 7.23. The minimum Gasteiger partial charge on any atom is -0.493 e. The number of carbonyl (C=O) groups excluding carboxylic acids is 3. The monoisotopic (exact) mass is 407 g/mol. The van der Waals surface area contributed by atoms with Crippen molar-refractivity contribution in [3.8, 4) is 5.75 Å². The second kappa shape index (κ2) is 9.41. The van der Waals surface area contributed by atoms with E-state index >= 15 is 0 Å². The minimum atomic E-state index is -0.833. The maximum atomic E-state index is 13.0. The van der Waals surface area contributed by atoms with Gasteiger partial charge in [0.15, 0.2) is 5.75 Å². The van der Waals surface area contributed by atoms with Crippen LogP contribution in [0.5, 0.6) is 5.75 Å². The van der Waals surface area contributed by atoms with Gasteiger partial charge in [0, 0.05) is 16.3 Å². The van der Waals surface area contributed by atoms with Crippen LogP contribution in [-0.4, -0.2) is 43.0 Å². The van der Waals surface area contributed by atoms with Crippen LogP contribution in [0.15, 0.2) is 24.3 Å². The number of benzene rings is 1. The molecular formula is C20H22ClNO6. The lowest BCUT2D eigenvalue weighted by atomic mass is 10.0. The Labute approximate surface area is 167 Å². The van der Waals surface area contributed by atoms with Gasteiger partial charge in [0.2, 0.25) is 5.78 Å². The molecule has 1 aromatic heterocycles. The van der Waals surface area contributed by atoms with Crippen LogP contribution in [0.1, 0.15) is 58.8 Å². The van der Waals surface area contributed by atoms with E-state index in [4.69, 9.17) is 25.8 Å². The number of aromatic nitrogens is 1. The molecule has 0 amide bonds. The van der Waals surface area contributed by atoms with Crippen LogP contribution in [0.4, 0.5) is 0 Å². The van der Waals surface area contributed by atoms with Crippen molar-refractivity contribution in [2.75, 3.05) is 20.3 Å². The normalized spacial score (nSPS) is 11.6. The molecule has 28 heavy (non-hydrogen) atoms. The van der Waals surface area contributed by atoms with E-state index in [0.717, 1.165) is 0 Å². The molecule has 0 aliphatic heterocycles. The SMILES string of the molecule is CCOC(=O)c1c(C(C)C(=O)OCC)[nH]c(C(=O)c2ccc(Cl)cc2)c1OC. The lowest BCUT2D eigenvalue weighted by molar-refractivity contribution is -0.144. The van der Waals surface area contributed by atoms with Gasteiger partial charge < -0.3 is 19.2 Å². The quantitative estimate of drug-likeness (QED) is 0.529. The summed E-state index contributed by atoms with van der Waals surface area (Å²) in [6, 6.07) is 6.28. The molecule has 0 aliphatic carbocycles. The van der Waals surface area contributed by atoms with Gasteiger partial charge in [0.1, 0.15) is 11.3 Å². The Hall–Kier alpha value is -2.80. The van der Waals surface area contributed by atoms with E-state index in [1.807, 2.05) is 0 Å². The van der Waals surface area contributed by atoms with Crippen molar-refractivity contribution in [1.82, 2.24) is 4.98 Å². The topological polar surface area (TPSA) is 94.7 Å². The van der Waals surface area contributed by atoms with Crippen LogP contribution in [0, 0.1) is 0 Å². The molecule has 0 saturated heterocycles. The molecule has 1 unspecified atom stereocenters. The number of ketones is 1. The van der Waals surface area contributed by atoms with Crippen LogP contribution in [0.3, 0.4) is 0 Å². The highest BCUT2D eigenvalue weighted by atomic mass is 35.5. The zero-order valence-electron chi connectivity index (χ0n) is 16.1. The standard InChI is InChI=1S/C20H22ClNO6/c1-5-27-19(24)11(3)15-14(20(25)28-6-2)18(26-4)16(22-15)17(23)12-7-9-13(21)10-8-12/h7-11,22H,5-6H2,1-4H3. The molecule has 8 heteroatoms. The van der Waals surface area contributed by atoms with Gasteiger partial charge in [-0.05, 0) is 45.0 Å². The molecule has 2 rings (SSSR count). The molecule has 0 spiro atoms. The third-order valence-electron chi connectivity index (χ3n) is 4.07. The number of hydrogen-bond acceptors (Lipinski definition) is 6. The molecule has 0 aliphatic rings. The van der Waals surface area contributed by atoms with Crippen LogP contribution in [-0.2, 0) is 14.3 Å². The fourth-order valence-corrected chi connectivity index (χ4v) is 2.85. The zero-order valence-corrected chi connectivity index (χ0v) is 16.9. The molecule has 1 heterocycles. The Bertz CT molecular complexity index is 872. The third kappa shape index (κ3) is 4.36. The lowest BCUT2D eigenvalue weighted by Gasteiger charge is -2.11. The lowest BCUT2D eigenvalue weighted by Crippen LogP contribution is -2.17. The number of H-pyrrole nitrogens is 1. The molecule has 0 saturated carbocycles. The van der Waals surface area contributed by atoms with Crippen LogP contribution in [0.25, 0.3) is 0 Å². The average Bonchev–Trinajstić information content (AvgIpc) is 3.07. The molecule has 0 radical (unpaired) electrons. The molecular weight excluding hydrogens is 386 g/mol. The summed E-state index contributed by atoms with van der Waals surface area (Å²) in [4.78, 5) is 40.6. The van der Waals surface area contributed by atoms with Gasteiger partial charge in [-0.3, -0.25) is 9.59 Å². The molecule has 0 bridgehead atoms. The summed E-state index contributed by atoms with van der Waals surface area (Å²) in [5.74, 6) is -2.47. The molecule has 7 nitrogen and oxygen atoms in total. The smallest absolute Gasteiger partial charge is 0.343 e. The average molecular weight is 408 g/mol. The van der Waals surface area contributed by atoms with Crippen LogP contribution < -0.4 is 4.74 Å². The first kappa shape index (κ1) is 21.5. The van der Waals surface area contributed by atoms with Crippen molar-refractivity contribution in [3.63, 3.8) is 0 Å².